The molecule has 108 valence electrons. The Hall–Kier alpha value is -0.750. The van der Waals surface area contributed by atoms with Crippen LogP contribution < -0.4 is 5.48 Å². The molecule has 0 saturated heterocycles. The molecule has 1 N–H and O–H groups in total. The quantitative estimate of drug-likeness (QED) is 0.693. The van der Waals surface area contributed by atoms with Gasteiger partial charge in [-0.3, -0.25) is 0 Å². The number of thiophene rings is 1. The molecule has 0 radical (unpaired) electrons. The molecule has 0 amide bonds. The maximum Gasteiger partial charge on any atom is 0.141 e. The normalized spacial score (nSPS) is 22.1. The van der Waals surface area contributed by atoms with Gasteiger partial charge < -0.3 is 4.84 Å². The lowest BCUT2D eigenvalue weighted by atomic mass is 9.80. The molecule has 20 heavy (non-hydrogen) atoms. The topological polar surface area (TPSA) is 47.0 Å². The van der Waals surface area contributed by atoms with Crippen molar-refractivity contribution < 1.29 is 4.84 Å². The molecule has 4 nitrogen and oxygen atoms in total. The van der Waals surface area contributed by atoms with Crippen LogP contribution in [0.25, 0.3) is 10.2 Å². The number of aromatic nitrogens is 2. The van der Waals surface area contributed by atoms with Crippen molar-refractivity contribution in [3.63, 3.8) is 0 Å². The smallest absolute Gasteiger partial charge is 0.141 e. The highest BCUT2D eigenvalue weighted by Gasteiger charge is 2.35. The summed E-state index contributed by atoms with van der Waals surface area (Å²) in [6.45, 7) is 4.88. The van der Waals surface area contributed by atoms with E-state index in [1.165, 1.54) is 16.8 Å². The zero-order valence-corrected chi connectivity index (χ0v) is 13.3. The van der Waals surface area contributed by atoms with Crippen molar-refractivity contribution in [2.45, 2.75) is 45.1 Å². The molecule has 0 bridgehead atoms. The number of fused-ring (bicyclic) bond motifs is 3. The Labute approximate surface area is 127 Å². The van der Waals surface area contributed by atoms with Gasteiger partial charge in [0.05, 0.1) is 12.0 Å². The van der Waals surface area contributed by atoms with Gasteiger partial charge in [0.1, 0.15) is 16.3 Å². The molecule has 0 saturated carbocycles. The van der Waals surface area contributed by atoms with E-state index in [1.807, 2.05) is 6.92 Å². The third-order valence-electron chi connectivity index (χ3n) is 4.09. The second-order valence-electron chi connectivity index (χ2n) is 5.19. The molecule has 1 aliphatic carbocycles. The Balaban J connectivity index is 1.99. The number of nitrogens with zero attached hydrogens (tertiary/aromatic N) is 2. The number of hydroxylamine groups is 1. The van der Waals surface area contributed by atoms with Crippen molar-refractivity contribution in [2.75, 3.05) is 6.61 Å². The fourth-order valence-electron chi connectivity index (χ4n) is 2.85. The fourth-order valence-corrected chi connectivity index (χ4v) is 4.49. The summed E-state index contributed by atoms with van der Waals surface area (Å²) in [5, 5.41) is 1.63. The molecule has 3 rings (SSSR count). The number of nitrogens with one attached hydrogen (secondary N) is 1. The average molecular weight is 312 g/mol. The Morgan fingerprint density at radius 3 is 3.05 bits per heavy atom. The van der Waals surface area contributed by atoms with Gasteiger partial charge in [0.25, 0.3) is 0 Å². The van der Waals surface area contributed by atoms with Crippen LogP contribution in [0.2, 0.25) is 5.15 Å². The van der Waals surface area contributed by atoms with E-state index in [1.54, 1.807) is 11.3 Å². The zero-order valence-electron chi connectivity index (χ0n) is 11.7. The Kier molecular flexibility index (Phi) is 3.95. The van der Waals surface area contributed by atoms with E-state index in [9.17, 15) is 0 Å². The minimum absolute atomic E-state index is 0.0315. The predicted octanol–water partition coefficient (Wildman–Crippen LogP) is 3.52. The monoisotopic (exact) mass is 311 g/mol. The lowest BCUT2D eigenvalue weighted by Crippen LogP contribution is -2.48. The third-order valence-corrected chi connectivity index (χ3v) is 5.51. The number of halogens is 1. The van der Waals surface area contributed by atoms with Crippen molar-refractivity contribution >= 4 is 33.2 Å². The Morgan fingerprint density at radius 1 is 1.45 bits per heavy atom. The highest BCUT2D eigenvalue weighted by atomic mass is 35.5. The van der Waals surface area contributed by atoms with Gasteiger partial charge >= 0.3 is 0 Å². The van der Waals surface area contributed by atoms with E-state index in [2.05, 4.69) is 22.4 Å². The largest absolute Gasteiger partial charge is 0.302 e. The molecule has 1 unspecified atom stereocenters. The SMILES string of the molecule is CCONC1(CC)CCc2c(sc3ncnc(Cl)c23)C1. The molecular weight excluding hydrogens is 294 g/mol. The lowest BCUT2D eigenvalue weighted by Gasteiger charge is -2.36. The van der Waals surface area contributed by atoms with Crippen LogP contribution in [0.5, 0.6) is 0 Å². The zero-order chi connectivity index (χ0) is 14.2. The maximum absolute atomic E-state index is 6.24. The highest BCUT2D eigenvalue weighted by Crippen LogP contribution is 2.41. The predicted molar refractivity (Wildman–Crippen MR) is 82.2 cm³/mol. The van der Waals surface area contributed by atoms with Gasteiger partial charge in [-0.15, -0.1) is 11.3 Å². The van der Waals surface area contributed by atoms with Gasteiger partial charge in [-0.2, -0.15) is 5.48 Å². The summed E-state index contributed by atoms with van der Waals surface area (Å²) in [5.74, 6) is 0. The molecule has 0 spiro atoms. The molecule has 1 atom stereocenters. The van der Waals surface area contributed by atoms with Crippen LogP contribution in [0.15, 0.2) is 6.33 Å². The molecular formula is C14H18ClN3OS. The first-order valence-electron chi connectivity index (χ1n) is 6.99. The van der Waals surface area contributed by atoms with Crippen LogP contribution in [0, 0.1) is 0 Å². The van der Waals surface area contributed by atoms with E-state index in [0.29, 0.717) is 11.8 Å². The van der Waals surface area contributed by atoms with Crippen LogP contribution in [-0.2, 0) is 17.7 Å². The summed E-state index contributed by atoms with van der Waals surface area (Å²) in [4.78, 5) is 16.3. The Morgan fingerprint density at radius 2 is 2.30 bits per heavy atom. The van der Waals surface area contributed by atoms with Crippen molar-refractivity contribution in [1.29, 1.82) is 0 Å². The number of aryl methyl sites for hydroxylation is 1. The molecule has 2 aromatic rings. The van der Waals surface area contributed by atoms with Gasteiger partial charge in [-0.05, 0) is 31.7 Å². The third kappa shape index (κ3) is 2.33. The molecule has 0 fully saturated rings. The first kappa shape index (κ1) is 14.2. The minimum Gasteiger partial charge on any atom is -0.302 e. The van der Waals surface area contributed by atoms with E-state index < -0.39 is 0 Å². The van der Waals surface area contributed by atoms with Gasteiger partial charge in [0, 0.05) is 16.8 Å². The van der Waals surface area contributed by atoms with Crippen LogP contribution >= 0.6 is 22.9 Å². The summed E-state index contributed by atoms with van der Waals surface area (Å²) in [7, 11) is 0. The molecule has 1 aliphatic rings. The van der Waals surface area contributed by atoms with Crippen molar-refractivity contribution in [3.05, 3.63) is 21.9 Å². The first-order chi connectivity index (χ1) is 9.69. The summed E-state index contributed by atoms with van der Waals surface area (Å²) < 4.78 is 0. The first-order valence-corrected chi connectivity index (χ1v) is 8.18. The fraction of sp³-hybridized carbons (Fsp3) is 0.571. The highest BCUT2D eigenvalue weighted by molar-refractivity contribution is 7.19. The molecule has 2 heterocycles. The second kappa shape index (κ2) is 5.56. The van der Waals surface area contributed by atoms with Gasteiger partial charge in [0.15, 0.2) is 0 Å². The van der Waals surface area contributed by atoms with Crippen LogP contribution in [-0.4, -0.2) is 22.1 Å². The molecule has 0 aliphatic heterocycles. The number of hydrogen-bond donors (Lipinski definition) is 1. The van der Waals surface area contributed by atoms with Gasteiger partial charge in [-0.1, -0.05) is 18.5 Å². The summed E-state index contributed by atoms with van der Waals surface area (Å²) >= 11 is 7.97. The summed E-state index contributed by atoms with van der Waals surface area (Å²) in [6.07, 6.45) is 5.60. The number of rotatable bonds is 4. The summed E-state index contributed by atoms with van der Waals surface area (Å²) in [5.41, 5.74) is 4.63. The standard InChI is InChI=1S/C14H18ClN3OS/c1-3-14(18-19-4-2)6-5-9-10(7-14)20-13-11(9)12(15)16-8-17-13/h8,18H,3-7H2,1-2H3. The van der Waals surface area contributed by atoms with Crippen molar-refractivity contribution in [1.82, 2.24) is 15.4 Å². The van der Waals surface area contributed by atoms with E-state index in [-0.39, 0.29) is 5.54 Å². The molecule has 2 aromatic heterocycles. The van der Waals surface area contributed by atoms with E-state index >= 15 is 0 Å². The van der Waals surface area contributed by atoms with Gasteiger partial charge in [0.2, 0.25) is 0 Å². The van der Waals surface area contributed by atoms with E-state index in [4.69, 9.17) is 16.4 Å². The van der Waals surface area contributed by atoms with Crippen molar-refractivity contribution in [2.24, 2.45) is 0 Å². The minimum atomic E-state index is 0.0315. The Bertz CT molecular complexity index is 630. The van der Waals surface area contributed by atoms with Crippen LogP contribution in [0.3, 0.4) is 0 Å². The molecule has 6 heteroatoms. The maximum atomic E-state index is 6.24. The van der Waals surface area contributed by atoms with Crippen LogP contribution in [0.1, 0.15) is 37.1 Å². The van der Waals surface area contributed by atoms with Crippen molar-refractivity contribution in [3.8, 4) is 0 Å². The van der Waals surface area contributed by atoms with E-state index in [0.717, 1.165) is 35.9 Å². The second-order valence-corrected chi connectivity index (χ2v) is 6.64. The average Bonchev–Trinajstić information content (AvgIpc) is 2.83. The lowest BCUT2D eigenvalue weighted by molar-refractivity contribution is -0.0241. The number of hydrogen-bond acceptors (Lipinski definition) is 5. The van der Waals surface area contributed by atoms with Gasteiger partial charge in [-0.25, -0.2) is 9.97 Å². The van der Waals surface area contributed by atoms with Crippen LogP contribution in [0.4, 0.5) is 0 Å². The summed E-state index contributed by atoms with van der Waals surface area (Å²) in [6, 6.07) is 0. The molecule has 0 aromatic carbocycles.